The molecule has 1 aromatic rings. The van der Waals surface area contributed by atoms with Gasteiger partial charge in [0.2, 0.25) is 0 Å². The van der Waals surface area contributed by atoms with Gasteiger partial charge >= 0.3 is 5.97 Å². The fourth-order valence-corrected chi connectivity index (χ4v) is 2.19. The minimum Gasteiger partial charge on any atom is -0.466 e. The lowest BCUT2D eigenvalue weighted by Gasteiger charge is -2.16. The summed E-state index contributed by atoms with van der Waals surface area (Å²) in [5, 5.41) is 0.726. The van der Waals surface area contributed by atoms with Gasteiger partial charge < -0.3 is 4.74 Å². The smallest absolute Gasteiger partial charge is 0.306 e. The predicted molar refractivity (Wildman–Crippen MR) is 79.6 cm³/mol. The molecule has 0 bridgehead atoms. The molecule has 0 radical (unpaired) electrons. The van der Waals surface area contributed by atoms with Gasteiger partial charge in [0.05, 0.1) is 13.0 Å². The molecule has 0 N–H and O–H groups in total. The van der Waals surface area contributed by atoms with E-state index in [1.165, 1.54) is 5.56 Å². The lowest BCUT2D eigenvalue weighted by atomic mass is 9.91. The summed E-state index contributed by atoms with van der Waals surface area (Å²) in [5.74, 6) is 0.137. The monoisotopic (exact) mass is 282 g/mol. The average molecular weight is 283 g/mol. The van der Waals surface area contributed by atoms with E-state index >= 15 is 0 Å². The number of ether oxygens (including phenoxy) is 1. The van der Waals surface area contributed by atoms with Crippen molar-refractivity contribution in [2.75, 3.05) is 6.61 Å². The second-order valence-corrected chi connectivity index (χ2v) is 5.25. The van der Waals surface area contributed by atoms with E-state index in [2.05, 4.69) is 13.8 Å². The van der Waals surface area contributed by atoms with E-state index in [0.717, 1.165) is 30.7 Å². The summed E-state index contributed by atoms with van der Waals surface area (Å²) in [6, 6.07) is 7.76. The zero-order valence-corrected chi connectivity index (χ0v) is 12.6. The molecule has 2 nitrogen and oxygen atoms in total. The zero-order valence-electron chi connectivity index (χ0n) is 11.8. The molecule has 0 spiro atoms. The van der Waals surface area contributed by atoms with Gasteiger partial charge in [-0.15, -0.1) is 0 Å². The highest BCUT2D eigenvalue weighted by atomic mass is 35.5. The van der Waals surface area contributed by atoms with Crippen LogP contribution in [0.4, 0.5) is 0 Å². The van der Waals surface area contributed by atoms with Gasteiger partial charge in [0.25, 0.3) is 0 Å². The first-order valence-corrected chi connectivity index (χ1v) is 7.46. The van der Waals surface area contributed by atoms with Crippen molar-refractivity contribution in [1.82, 2.24) is 0 Å². The Morgan fingerprint density at radius 3 is 2.47 bits per heavy atom. The zero-order chi connectivity index (χ0) is 14.1. The van der Waals surface area contributed by atoms with Crippen molar-refractivity contribution in [2.45, 2.75) is 51.9 Å². The molecule has 0 aliphatic heterocycles. The molecule has 0 aromatic heterocycles. The second kappa shape index (κ2) is 8.98. The van der Waals surface area contributed by atoms with E-state index in [9.17, 15) is 4.79 Å². The topological polar surface area (TPSA) is 26.3 Å². The van der Waals surface area contributed by atoms with E-state index in [4.69, 9.17) is 16.3 Å². The van der Waals surface area contributed by atoms with Gasteiger partial charge in [0.15, 0.2) is 0 Å². The molecule has 19 heavy (non-hydrogen) atoms. The first-order chi connectivity index (χ1) is 9.17. The molecule has 0 aliphatic carbocycles. The van der Waals surface area contributed by atoms with Crippen LogP contribution in [0.3, 0.4) is 0 Å². The Bertz CT molecular complexity index is 373. The fraction of sp³-hybridized carbons (Fsp3) is 0.562. The van der Waals surface area contributed by atoms with Crippen molar-refractivity contribution in [3.05, 3.63) is 34.9 Å². The van der Waals surface area contributed by atoms with Crippen LogP contribution < -0.4 is 0 Å². The maximum Gasteiger partial charge on any atom is 0.306 e. The van der Waals surface area contributed by atoms with Gasteiger partial charge in [-0.05, 0) is 36.5 Å². The third-order valence-corrected chi connectivity index (χ3v) is 3.40. The first-order valence-electron chi connectivity index (χ1n) is 7.08. The molecule has 0 amide bonds. The average Bonchev–Trinajstić information content (AvgIpc) is 2.39. The highest BCUT2D eigenvalue weighted by molar-refractivity contribution is 6.30. The molecule has 1 atom stereocenters. The largest absolute Gasteiger partial charge is 0.466 e. The van der Waals surface area contributed by atoms with E-state index < -0.39 is 0 Å². The molecule has 1 unspecified atom stereocenters. The normalized spacial score (nSPS) is 12.2. The molecule has 0 saturated heterocycles. The molecular formula is C16H23ClO2. The van der Waals surface area contributed by atoms with Gasteiger partial charge in [-0.1, -0.05) is 50.4 Å². The van der Waals surface area contributed by atoms with Crippen molar-refractivity contribution < 1.29 is 9.53 Å². The van der Waals surface area contributed by atoms with Crippen molar-refractivity contribution in [2.24, 2.45) is 0 Å². The molecule has 1 aromatic carbocycles. The van der Waals surface area contributed by atoms with E-state index in [1.807, 2.05) is 24.3 Å². The summed E-state index contributed by atoms with van der Waals surface area (Å²) in [7, 11) is 0. The van der Waals surface area contributed by atoms with Gasteiger partial charge in [0.1, 0.15) is 0 Å². The van der Waals surface area contributed by atoms with Crippen molar-refractivity contribution in [3.8, 4) is 0 Å². The number of carbonyl (C=O) groups is 1. The minimum absolute atomic E-state index is 0.0955. The maximum absolute atomic E-state index is 11.8. The summed E-state index contributed by atoms with van der Waals surface area (Å²) >= 11 is 5.89. The van der Waals surface area contributed by atoms with E-state index in [1.54, 1.807) is 0 Å². The second-order valence-electron chi connectivity index (χ2n) is 4.82. The Kier molecular flexibility index (Phi) is 7.57. The third-order valence-electron chi connectivity index (χ3n) is 3.15. The number of esters is 1. The number of unbranched alkanes of at least 4 members (excludes halogenated alkanes) is 1. The Morgan fingerprint density at radius 2 is 1.89 bits per heavy atom. The Labute approximate surface area is 121 Å². The number of halogens is 1. The van der Waals surface area contributed by atoms with E-state index in [-0.39, 0.29) is 11.9 Å². The molecule has 0 fully saturated rings. The third kappa shape index (κ3) is 6.11. The standard InChI is InChI=1S/C16H23ClO2/c1-3-5-11-19-16(18)12-14(6-4-2)13-7-9-15(17)10-8-13/h7-10,14H,3-6,11-12H2,1-2H3. The Hall–Kier alpha value is -1.02. The van der Waals surface area contributed by atoms with E-state index in [0.29, 0.717) is 13.0 Å². The summed E-state index contributed by atoms with van der Waals surface area (Å²) < 4.78 is 5.24. The highest BCUT2D eigenvalue weighted by Gasteiger charge is 2.16. The highest BCUT2D eigenvalue weighted by Crippen LogP contribution is 2.26. The van der Waals surface area contributed by atoms with Crippen LogP contribution in [0.5, 0.6) is 0 Å². The summed E-state index contributed by atoms with van der Waals surface area (Å²) in [5.41, 5.74) is 1.17. The summed E-state index contributed by atoms with van der Waals surface area (Å²) in [4.78, 5) is 11.8. The maximum atomic E-state index is 11.8. The molecule has 3 heteroatoms. The molecular weight excluding hydrogens is 260 g/mol. The van der Waals surface area contributed by atoms with Crippen LogP contribution in [0.15, 0.2) is 24.3 Å². The van der Waals surface area contributed by atoms with Crippen LogP contribution in [-0.4, -0.2) is 12.6 Å². The van der Waals surface area contributed by atoms with Crippen LogP contribution in [0.25, 0.3) is 0 Å². The van der Waals surface area contributed by atoms with Gasteiger partial charge in [-0.2, -0.15) is 0 Å². The molecule has 1 rings (SSSR count). The first kappa shape index (κ1) is 16.0. The molecule has 0 saturated carbocycles. The van der Waals surface area contributed by atoms with Crippen LogP contribution in [0, 0.1) is 0 Å². The van der Waals surface area contributed by atoms with Crippen molar-refractivity contribution in [1.29, 1.82) is 0 Å². The molecule has 0 heterocycles. The molecule has 106 valence electrons. The van der Waals surface area contributed by atoms with Crippen LogP contribution >= 0.6 is 11.6 Å². The minimum atomic E-state index is -0.0955. The Morgan fingerprint density at radius 1 is 1.21 bits per heavy atom. The Balaban J connectivity index is 2.57. The number of hydrogen-bond acceptors (Lipinski definition) is 2. The number of benzene rings is 1. The van der Waals surface area contributed by atoms with Crippen molar-refractivity contribution in [3.63, 3.8) is 0 Å². The quantitative estimate of drug-likeness (QED) is 0.498. The molecule has 0 aliphatic rings. The number of carbonyl (C=O) groups excluding carboxylic acids is 1. The van der Waals surface area contributed by atoms with Gasteiger partial charge in [0, 0.05) is 5.02 Å². The number of rotatable bonds is 8. The lowest BCUT2D eigenvalue weighted by Crippen LogP contribution is -2.11. The van der Waals surface area contributed by atoms with Crippen LogP contribution in [0.1, 0.15) is 57.4 Å². The predicted octanol–water partition coefficient (Wildman–Crippen LogP) is 4.96. The van der Waals surface area contributed by atoms with Crippen LogP contribution in [-0.2, 0) is 9.53 Å². The summed E-state index contributed by atoms with van der Waals surface area (Å²) in [6.45, 7) is 4.75. The van der Waals surface area contributed by atoms with Gasteiger partial charge in [-0.3, -0.25) is 4.79 Å². The lowest BCUT2D eigenvalue weighted by molar-refractivity contribution is -0.144. The fourth-order valence-electron chi connectivity index (χ4n) is 2.06. The van der Waals surface area contributed by atoms with Crippen molar-refractivity contribution >= 4 is 17.6 Å². The summed E-state index contributed by atoms with van der Waals surface area (Å²) in [6.07, 6.45) is 4.48. The number of hydrogen-bond donors (Lipinski definition) is 0. The van der Waals surface area contributed by atoms with Gasteiger partial charge in [-0.25, -0.2) is 0 Å². The SMILES string of the molecule is CCCCOC(=O)CC(CCC)c1ccc(Cl)cc1. The van der Waals surface area contributed by atoms with Crippen LogP contribution in [0.2, 0.25) is 5.02 Å².